The molecular formula is C24H17B. The van der Waals surface area contributed by atoms with Gasteiger partial charge in [-0.2, -0.15) is 0 Å². The molecule has 0 saturated carbocycles. The fourth-order valence-corrected chi connectivity index (χ4v) is 5.40. The first-order valence-electron chi connectivity index (χ1n) is 9.05. The topological polar surface area (TPSA) is 0 Å². The molecule has 1 atom stereocenters. The van der Waals surface area contributed by atoms with Gasteiger partial charge in [0.05, 0.1) is 0 Å². The van der Waals surface area contributed by atoms with Gasteiger partial charge in [0.25, 0.3) is 0 Å². The Bertz CT molecular complexity index is 1040. The van der Waals surface area contributed by atoms with Crippen molar-refractivity contribution in [3.63, 3.8) is 0 Å². The van der Waals surface area contributed by atoms with E-state index in [0.717, 1.165) is 7.28 Å². The van der Waals surface area contributed by atoms with Crippen LogP contribution >= 0.6 is 0 Å². The highest BCUT2D eigenvalue weighted by molar-refractivity contribution is 6.64. The molecule has 0 saturated heterocycles. The predicted octanol–water partition coefficient (Wildman–Crippen LogP) is 4.27. The average molecular weight is 316 g/mol. The monoisotopic (exact) mass is 316 g/mol. The standard InChI is InChI=1S/C24H17B/c1-4-11-19-16(8-1)17-9-2-5-12-20(17)24(19)15-7-14-22-23(24)18-10-3-6-13-21(18)25-22/h1-15,23,25H. The molecule has 0 aromatic heterocycles. The highest BCUT2D eigenvalue weighted by Gasteiger charge is 2.51. The summed E-state index contributed by atoms with van der Waals surface area (Å²) in [5.41, 5.74) is 10.2. The molecule has 1 heteroatoms. The van der Waals surface area contributed by atoms with Gasteiger partial charge in [-0.15, -0.1) is 0 Å². The van der Waals surface area contributed by atoms with E-state index in [4.69, 9.17) is 0 Å². The Kier molecular flexibility index (Phi) is 2.50. The van der Waals surface area contributed by atoms with Crippen LogP contribution in [-0.4, -0.2) is 7.28 Å². The van der Waals surface area contributed by atoms with Crippen molar-refractivity contribution < 1.29 is 0 Å². The van der Waals surface area contributed by atoms with Crippen molar-refractivity contribution in [3.05, 3.63) is 113 Å². The maximum absolute atomic E-state index is 2.45. The first-order valence-corrected chi connectivity index (χ1v) is 9.05. The van der Waals surface area contributed by atoms with Crippen LogP contribution in [0.5, 0.6) is 0 Å². The largest absolute Gasteiger partial charge is 0.188 e. The van der Waals surface area contributed by atoms with Crippen molar-refractivity contribution in [2.24, 2.45) is 0 Å². The van der Waals surface area contributed by atoms with E-state index in [1.54, 1.807) is 5.47 Å². The molecule has 1 unspecified atom stereocenters. The molecule has 116 valence electrons. The quantitative estimate of drug-likeness (QED) is 0.544. The maximum atomic E-state index is 2.45. The third-order valence-corrected chi connectivity index (χ3v) is 6.29. The van der Waals surface area contributed by atoms with E-state index in [2.05, 4.69) is 91.0 Å². The second kappa shape index (κ2) is 4.64. The lowest BCUT2D eigenvalue weighted by atomic mass is 9.57. The van der Waals surface area contributed by atoms with Crippen LogP contribution < -0.4 is 5.46 Å². The number of rotatable bonds is 0. The second-order valence-corrected chi connectivity index (χ2v) is 7.37. The molecule has 0 nitrogen and oxygen atoms in total. The Morgan fingerprint density at radius 1 is 0.720 bits per heavy atom. The number of benzene rings is 3. The Balaban J connectivity index is 1.73. The lowest BCUT2D eigenvalue weighted by Crippen LogP contribution is -2.32. The Labute approximate surface area is 148 Å². The zero-order chi connectivity index (χ0) is 16.4. The number of allylic oxidation sites excluding steroid dienone is 4. The van der Waals surface area contributed by atoms with Gasteiger partial charge < -0.3 is 0 Å². The van der Waals surface area contributed by atoms with Gasteiger partial charge in [-0.25, -0.2) is 0 Å². The third kappa shape index (κ3) is 1.54. The van der Waals surface area contributed by atoms with Gasteiger partial charge in [0.15, 0.2) is 7.28 Å². The first kappa shape index (κ1) is 13.5. The van der Waals surface area contributed by atoms with Crippen molar-refractivity contribution in [1.29, 1.82) is 0 Å². The lowest BCUT2D eigenvalue weighted by Gasteiger charge is -2.39. The van der Waals surface area contributed by atoms with Gasteiger partial charge in [-0.05, 0) is 27.8 Å². The van der Waals surface area contributed by atoms with E-state index < -0.39 is 0 Å². The first-order chi connectivity index (χ1) is 12.4. The molecule has 25 heavy (non-hydrogen) atoms. The molecule has 1 heterocycles. The molecule has 6 rings (SSSR count). The third-order valence-electron chi connectivity index (χ3n) is 6.29. The summed E-state index contributed by atoms with van der Waals surface area (Å²) < 4.78 is 0. The normalized spacial score (nSPS) is 20.3. The smallest absolute Gasteiger partial charge is 0.0909 e. The summed E-state index contributed by atoms with van der Waals surface area (Å²) in [4.78, 5) is 0. The highest BCUT2D eigenvalue weighted by atomic mass is 14.5. The van der Waals surface area contributed by atoms with Crippen LogP contribution in [0.1, 0.15) is 22.6 Å². The molecule has 0 N–H and O–H groups in total. The van der Waals surface area contributed by atoms with Gasteiger partial charge in [0.1, 0.15) is 0 Å². The van der Waals surface area contributed by atoms with E-state index in [9.17, 15) is 0 Å². The Morgan fingerprint density at radius 3 is 2.12 bits per heavy atom. The zero-order valence-electron chi connectivity index (χ0n) is 13.9. The molecule has 0 radical (unpaired) electrons. The summed E-state index contributed by atoms with van der Waals surface area (Å²) in [7, 11) is 1.08. The van der Waals surface area contributed by atoms with Crippen molar-refractivity contribution in [3.8, 4) is 11.1 Å². The zero-order valence-corrected chi connectivity index (χ0v) is 13.9. The molecule has 2 aliphatic carbocycles. The van der Waals surface area contributed by atoms with Crippen LogP contribution in [0.3, 0.4) is 0 Å². The van der Waals surface area contributed by atoms with E-state index in [1.807, 2.05) is 0 Å². The van der Waals surface area contributed by atoms with Crippen molar-refractivity contribution in [2.75, 3.05) is 0 Å². The van der Waals surface area contributed by atoms with Crippen LogP contribution in [-0.2, 0) is 5.41 Å². The van der Waals surface area contributed by atoms with Gasteiger partial charge in [-0.3, -0.25) is 0 Å². The summed E-state index contributed by atoms with van der Waals surface area (Å²) in [6, 6.07) is 27.0. The lowest BCUT2D eigenvalue weighted by molar-refractivity contribution is 0.577. The average Bonchev–Trinajstić information content (AvgIpc) is 3.18. The van der Waals surface area contributed by atoms with E-state index in [-0.39, 0.29) is 5.41 Å². The van der Waals surface area contributed by atoms with E-state index in [1.165, 1.54) is 33.3 Å². The number of hydrogen-bond donors (Lipinski definition) is 0. The molecular weight excluding hydrogens is 299 g/mol. The van der Waals surface area contributed by atoms with Crippen LogP contribution in [0.4, 0.5) is 0 Å². The predicted molar refractivity (Wildman–Crippen MR) is 106 cm³/mol. The van der Waals surface area contributed by atoms with Gasteiger partial charge in [-0.1, -0.05) is 102 Å². The summed E-state index contributed by atoms with van der Waals surface area (Å²) in [5.74, 6) is 0.415. The number of fused-ring (bicyclic) bond motifs is 9. The Hall–Kier alpha value is -2.80. The Morgan fingerprint density at radius 2 is 1.36 bits per heavy atom. The summed E-state index contributed by atoms with van der Waals surface area (Å²) in [5, 5.41) is 0. The molecule has 3 aliphatic rings. The second-order valence-electron chi connectivity index (χ2n) is 7.37. The van der Waals surface area contributed by atoms with Crippen LogP contribution in [0.2, 0.25) is 0 Å². The van der Waals surface area contributed by atoms with Crippen LogP contribution in [0.25, 0.3) is 11.1 Å². The van der Waals surface area contributed by atoms with Gasteiger partial charge in [0, 0.05) is 11.3 Å². The van der Waals surface area contributed by atoms with Crippen molar-refractivity contribution in [1.82, 2.24) is 0 Å². The molecule has 0 amide bonds. The fraction of sp³-hybridized carbons (Fsp3) is 0.0833. The molecule has 3 aromatic carbocycles. The molecule has 1 spiro atoms. The van der Waals surface area contributed by atoms with Gasteiger partial charge >= 0.3 is 0 Å². The van der Waals surface area contributed by atoms with Crippen LogP contribution in [0.15, 0.2) is 96.5 Å². The molecule has 0 bridgehead atoms. The molecule has 3 aromatic rings. The van der Waals surface area contributed by atoms with E-state index >= 15 is 0 Å². The highest BCUT2D eigenvalue weighted by Crippen LogP contribution is 2.59. The minimum Gasteiger partial charge on any atom is -0.0909 e. The maximum Gasteiger partial charge on any atom is 0.188 e. The molecule has 1 aliphatic heterocycles. The van der Waals surface area contributed by atoms with Crippen molar-refractivity contribution in [2.45, 2.75) is 11.3 Å². The van der Waals surface area contributed by atoms with E-state index in [0.29, 0.717) is 5.92 Å². The van der Waals surface area contributed by atoms with Crippen molar-refractivity contribution >= 4 is 12.7 Å². The summed E-state index contributed by atoms with van der Waals surface area (Å²) in [6.45, 7) is 0. The van der Waals surface area contributed by atoms with Crippen LogP contribution in [0, 0.1) is 0 Å². The summed E-state index contributed by atoms with van der Waals surface area (Å²) >= 11 is 0. The fourth-order valence-electron chi connectivity index (χ4n) is 5.40. The SMILES string of the molecule is B1C2=CC=CC3(c4ccccc4-c4ccccc43)C2c2ccccc21. The number of hydrogen-bond acceptors (Lipinski definition) is 0. The minimum absolute atomic E-state index is 0.0656. The summed E-state index contributed by atoms with van der Waals surface area (Å²) in [6.07, 6.45) is 7.09. The minimum atomic E-state index is -0.0656. The molecule has 0 fully saturated rings. The van der Waals surface area contributed by atoms with Gasteiger partial charge in [0.2, 0.25) is 0 Å².